The number of aromatic nitrogens is 3. The zero-order valence-corrected chi connectivity index (χ0v) is 12.7. The maximum atomic E-state index is 11.1. The molecule has 5 nitrogen and oxygen atoms in total. The molecule has 1 unspecified atom stereocenters. The van der Waals surface area contributed by atoms with Crippen LogP contribution in [0.25, 0.3) is 11.2 Å². The van der Waals surface area contributed by atoms with Crippen molar-refractivity contribution in [1.29, 1.82) is 0 Å². The van der Waals surface area contributed by atoms with Crippen LogP contribution < -0.4 is 5.32 Å². The number of nitrogens with zero attached hydrogens (tertiary/aromatic N) is 3. The molecule has 2 heterocycles. The van der Waals surface area contributed by atoms with Crippen LogP contribution in [0.3, 0.4) is 0 Å². The van der Waals surface area contributed by atoms with Crippen LogP contribution >= 0.6 is 0 Å². The van der Waals surface area contributed by atoms with Crippen LogP contribution in [-0.2, 0) is 12.0 Å². The van der Waals surface area contributed by atoms with E-state index in [0.29, 0.717) is 18.0 Å². The van der Waals surface area contributed by atoms with Gasteiger partial charge in [-0.15, -0.1) is 0 Å². The first-order valence-corrected chi connectivity index (χ1v) is 7.87. The van der Waals surface area contributed by atoms with E-state index in [1.165, 1.54) is 5.56 Å². The van der Waals surface area contributed by atoms with Gasteiger partial charge in [0.15, 0.2) is 5.65 Å². The number of fused-ring (bicyclic) bond motifs is 2. The van der Waals surface area contributed by atoms with Crippen LogP contribution in [0.4, 0.5) is 5.82 Å². The Morgan fingerprint density at radius 2 is 1.96 bits per heavy atom. The smallest absolute Gasteiger partial charge is 0.180 e. The minimum Gasteiger partial charge on any atom is -0.383 e. The lowest BCUT2D eigenvalue weighted by Gasteiger charge is -2.34. The summed E-state index contributed by atoms with van der Waals surface area (Å²) in [7, 11) is 0. The van der Waals surface area contributed by atoms with Crippen molar-refractivity contribution in [3.05, 3.63) is 59.9 Å². The van der Waals surface area contributed by atoms with Crippen LogP contribution in [0.1, 0.15) is 24.0 Å². The molecule has 0 amide bonds. The molecule has 3 aromatic rings. The van der Waals surface area contributed by atoms with Crippen molar-refractivity contribution < 1.29 is 5.11 Å². The third-order valence-electron chi connectivity index (χ3n) is 4.45. The van der Waals surface area contributed by atoms with E-state index in [1.54, 1.807) is 12.4 Å². The van der Waals surface area contributed by atoms with E-state index in [1.807, 2.05) is 30.3 Å². The number of anilines is 1. The molecule has 0 fully saturated rings. The van der Waals surface area contributed by atoms with E-state index in [0.717, 1.165) is 30.3 Å². The van der Waals surface area contributed by atoms with E-state index in [4.69, 9.17) is 0 Å². The van der Waals surface area contributed by atoms with Crippen molar-refractivity contribution in [2.24, 2.45) is 0 Å². The van der Waals surface area contributed by atoms with Gasteiger partial charge in [-0.3, -0.25) is 4.98 Å². The van der Waals surface area contributed by atoms with Crippen LogP contribution in [-0.4, -0.2) is 26.6 Å². The molecule has 1 aliphatic carbocycles. The first-order chi connectivity index (χ1) is 11.2. The highest BCUT2D eigenvalue weighted by Crippen LogP contribution is 2.35. The largest absolute Gasteiger partial charge is 0.383 e. The molecular formula is C18H18N4O. The van der Waals surface area contributed by atoms with Gasteiger partial charge in [-0.25, -0.2) is 9.97 Å². The Bertz CT molecular complexity index is 851. The van der Waals surface area contributed by atoms with E-state index in [2.05, 4.69) is 26.3 Å². The summed E-state index contributed by atoms with van der Waals surface area (Å²) < 4.78 is 0. The quantitative estimate of drug-likeness (QED) is 0.778. The molecule has 5 heteroatoms. The van der Waals surface area contributed by atoms with Gasteiger partial charge in [-0.1, -0.05) is 24.3 Å². The number of rotatable bonds is 3. The average Bonchev–Trinajstić information content (AvgIpc) is 2.60. The highest BCUT2D eigenvalue weighted by atomic mass is 16.3. The first-order valence-electron chi connectivity index (χ1n) is 7.87. The summed E-state index contributed by atoms with van der Waals surface area (Å²) >= 11 is 0. The van der Waals surface area contributed by atoms with Gasteiger partial charge in [0.05, 0.1) is 0 Å². The van der Waals surface area contributed by atoms with Crippen LogP contribution in [0.2, 0.25) is 0 Å². The Morgan fingerprint density at radius 1 is 1.09 bits per heavy atom. The fourth-order valence-corrected chi connectivity index (χ4v) is 3.27. The molecule has 1 atom stereocenters. The molecule has 23 heavy (non-hydrogen) atoms. The van der Waals surface area contributed by atoms with Crippen molar-refractivity contribution in [2.45, 2.75) is 24.9 Å². The predicted molar refractivity (Wildman–Crippen MR) is 89.1 cm³/mol. The topological polar surface area (TPSA) is 70.9 Å². The second kappa shape index (κ2) is 5.59. The Balaban J connectivity index is 1.58. The Hall–Kier alpha value is -2.53. The Labute approximate surface area is 134 Å². The number of pyridine rings is 1. The lowest BCUT2D eigenvalue weighted by Crippen LogP contribution is -2.37. The lowest BCUT2D eigenvalue weighted by atomic mass is 9.79. The standard InChI is InChI=1S/C18H18N4O/c23-18(9-3-5-13-4-1-2-6-14(13)18)12-21-16-8-7-15-17(22-16)20-11-10-19-15/h1-2,4,6-8,10-11,23H,3,5,9,12H2,(H,20,21,22). The Morgan fingerprint density at radius 3 is 2.91 bits per heavy atom. The second-order valence-corrected chi connectivity index (χ2v) is 5.99. The fraction of sp³-hybridized carbons (Fsp3) is 0.278. The predicted octanol–water partition coefficient (Wildman–Crippen LogP) is 2.66. The van der Waals surface area contributed by atoms with Crippen molar-refractivity contribution in [1.82, 2.24) is 15.0 Å². The third-order valence-corrected chi connectivity index (χ3v) is 4.45. The SMILES string of the molecule is OC1(CNc2ccc3nccnc3n2)CCCc2ccccc21. The molecule has 0 saturated heterocycles. The van der Waals surface area contributed by atoms with Crippen LogP contribution in [0.5, 0.6) is 0 Å². The molecule has 2 N–H and O–H groups in total. The third kappa shape index (κ3) is 2.64. The summed E-state index contributed by atoms with van der Waals surface area (Å²) in [5, 5.41) is 14.3. The van der Waals surface area contributed by atoms with Crippen molar-refractivity contribution in [3.63, 3.8) is 0 Å². The summed E-state index contributed by atoms with van der Waals surface area (Å²) in [6.07, 6.45) is 6.06. The van der Waals surface area contributed by atoms with Crippen molar-refractivity contribution in [2.75, 3.05) is 11.9 Å². The van der Waals surface area contributed by atoms with Crippen molar-refractivity contribution in [3.8, 4) is 0 Å². The van der Waals surface area contributed by atoms with Crippen molar-refractivity contribution >= 4 is 17.0 Å². The maximum absolute atomic E-state index is 11.1. The number of hydrogen-bond acceptors (Lipinski definition) is 5. The molecule has 116 valence electrons. The number of aryl methyl sites for hydroxylation is 1. The van der Waals surface area contributed by atoms with Gasteiger partial charge in [0.1, 0.15) is 16.9 Å². The highest BCUT2D eigenvalue weighted by molar-refractivity contribution is 5.71. The summed E-state index contributed by atoms with van der Waals surface area (Å²) in [4.78, 5) is 12.9. The molecule has 0 spiro atoms. The molecule has 0 saturated carbocycles. The van der Waals surface area contributed by atoms with Gasteiger partial charge in [0, 0.05) is 18.9 Å². The monoisotopic (exact) mass is 306 g/mol. The molecule has 1 aliphatic rings. The minimum absolute atomic E-state index is 0.433. The average molecular weight is 306 g/mol. The van der Waals surface area contributed by atoms with Crippen LogP contribution in [0, 0.1) is 0 Å². The number of benzene rings is 1. The van der Waals surface area contributed by atoms with E-state index in [-0.39, 0.29) is 0 Å². The first kappa shape index (κ1) is 14.1. The Kier molecular flexibility index (Phi) is 3.42. The van der Waals surface area contributed by atoms with E-state index in [9.17, 15) is 5.11 Å². The number of nitrogens with one attached hydrogen (secondary N) is 1. The second-order valence-electron chi connectivity index (χ2n) is 5.99. The minimum atomic E-state index is -0.853. The summed E-state index contributed by atoms with van der Waals surface area (Å²) in [6, 6.07) is 11.9. The molecule has 1 aromatic carbocycles. The molecule has 0 aliphatic heterocycles. The van der Waals surface area contributed by atoms with Gasteiger partial charge >= 0.3 is 0 Å². The van der Waals surface area contributed by atoms with E-state index < -0.39 is 5.60 Å². The van der Waals surface area contributed by atoms with Crippen LogP contribution in [0.15, 0.2) is 48.8 Å². The zero-order chi connectivity index (χ0) is 15.7. The molecule has 0 bridgehead atoms. The van der Waals surface area contributed by atoms with Gasteiger partial charge in [0.25, 0.3) is 0 Å². The highest BCUT2D eigenvalue weighted by Gasteiger charge is 2.33. The summed E-state index contributed by atoms with van der Waals surface area (Å²) in [5.41, 5.74) is 2.78. The number of aliphatic hydroxyl groups is 1. The lowest BCUT2D eigenvalue weighted by molar-refractivity contribution is 0.0322. The molecular weight excluding hydrogens is 288 g/mol. The molecule has 4 rings (SSSR count). The molecule has 0 radical (unpaired) electrons. The van der Waals surface area contributed by atoms with E-state index >= 15 is 0 Å². The summed E-state index contributed by atoms with van der Waals surface area (Å²) in [5.74, 6) is 0.703. The van der Waals surface area contributed by atoms with Gasteiger partial charge in [-0.2, -0.15) is 0 Å². The fourth-order valence-electron chi connectivity index (χ4n) is 3.27. The number of hydrogen-bond donors (Lipinski definition) is 2. The normalized spacial score (nSPS) is 20.2. The zero-order valence-electron chi connectivity index (χ0n) is 12.7. The molecule has 2 aromatic heterocycles. The van der Waals surface area contributed by atoms with Gasteiger partial charge < -0.3 is 10.4 Å². The van der Waals surface area contributed by atoms with Gasteiger partial charge in [0.2, 0.25) is 0 Å². The summed E-state index contributed by atoms with van der Waals surface area (Å²) in [6.45, 7) is 0.433. The van der Waals surface area contributed by atoms with Gasteiger partial charge in [-0.05, 0) is 42.5 Å². The maximum Gasteiger partial charge on any atom is 0.180 e.